The molecule has 164 valence electrons. The number of alkyl halides is 3. The van der Waals surface area contributed by atoms with Crippen LogP contribution in [0.25, 0.3) is 22.3 Å². The van der Waals surface area contributed by atoms with Gasteiger partial charge in [-0.2, -0.15) is 13.2 Å². The van der Waals surface area contributed by atoms with Crippen molar-refractivity contribution in [2.75, 3.05) is 0 Å². The number of para-hydroxylation sites is 1. The van der Waals surface area contributed by atoms with Gasteiger partial charge in [-0.3, -0.25) is 0 Å². The molecule has 0 fully saturated rings. The van der Waals surface area contributed by atoms with Crippen LogP contribution in [-0.4, -0.2) is 0 Å². The standard InChI is InChI=1S/C27H29F3O/c1-7-18(2)16-25(3,4)26(5,6)17-19-12-13-21(22(14-19)27(28,29)30)24-15-20-10-8-9-11-23(20)31-24/h7-15H,1-2,16-17H2,3-6H3. The molecular weight excluding hydrogens is 397 g/mol. The van der Waals surface area contributed by atoms with Crippen LogP contribution < -0.4 is 0 Å². The third kappa shape index (κ3) is 4.79. The average Bonchev–Trinajstić information content (AvgIpc) is 3.10. The summed E-state index contributed by atoms with van der Waals surface area (Å²) in [6.07, 6.45) is -1.51. The molecule has 1 aromatic heterocycles. The van der Waals surface area contributed by atoms with E-state index in [1.807, 2.05) is 12.1 Å². The van der Waals surface area contributed by atoms with Crippen LogP contribution in [0.15, 0.2) is 77.8 Å². The van der Waals surface area contributed by atoms with E-state index in [1.165, 1.54) is 12.1 Å². The molecule has 31 heavy (non-hydrogen) atoms. The quantitative estimate of drug-likeness (QED) is 0.344. The maximum absolute atomic E-state index is 14.0. The highest BCUT2D eigenvalue weighted by Gasteiger charge is 2.39. The minimum absolute atomic E-state index is 0.0598. The molecule has 0 aliphatic heterocycles. The molecule has 3 aromatic rings. The summed E-state index contributed by atoms with van der Waals surface area (Å²) < 4.78 is 47.7. The van der Waals surface area contributed by atoms with Gasteiger partial charge >= 0.3 is 6.18 Å². The topological polar surface area (TPSA) is 13.1 Å². The fraction of sp³-hybridized carbons (Fsp3) is 0.333. The number of rotatable bonds is 7. The Morgan fingerprint density at radius 3 is 2.26 bits per heavy atom. The zero-order valence-electron chi connectivity index (χ0n) is 18.6. The molecule has 0 spiro atoms. The second-order valence-electron chi connectivity index (χ2n) is 9.51. The summed E-state index contributed by atoms with van der Waals surface area (Å²) in [5.41, 5.74) is 1.10. The second-order valence-corrected chi connectivity index (χ2v) is 9.51. The number of fused-ring (bicyclic) bond motifs is 1. The Labute approximate surface area is 182 Å². The molecule has 1 nitrogen and oxygen atoms in total. The molecule has 4 heteroatoms. The molecule has 0 N–H and O–H groups in total. The molecule has 2 aromatic carbocycles. The van der Waals surface area contributed by atoms with Crippen LogP contribution in [0.5, 0.6) is 0 Å². The van der Waals surface area contributed by atoms with E-state index >= 15 is 0 Å². The summed E-state index contributed by atoms with van der Waals surface area (Å²) in [4.78, 5) is 0. The number of hydrogen-bond acceptors (Lipinski definition) is 1. The molecule has 0 atom stereocenters. The average molecular weight is 427 g/mol. The fourth-order valence-corrected chi connectivity index (χ4v) is 3.89. The van der Waals surface area contributed by atoms with Gasteiger partial charge in [0.2, 0.25) is 0 Å². The van der Waals surface area contributed by atoms with E-state index in [0.717, 1.165) is 17.4 Å². The van der Waals surface area contributed by atoms with Gasteiger partial charge in [0.25, 0.3) is 0 Å². The number of hydrogen-bond donors (Lipinski definition) is 0. The Morgan fingerprint density at radius 2 is 1.65 bits per heavy atom. The van der Waals surface area contributed by atoms with Crippen molar-refractivity contribution in [1.29, 1.82) is 0 Å². The van der Waals surface area contributed by atoms with E-state index in [-0.39, 0.29) is 22.2 Å². The molecule has 1 heterocycles. The lowest BCUT2D eigenvalue weighted by molar-refractivity contribution is -0.137. The van der Waals surface area contributed by atoms with Crippen LogP contribution >= 0.6 is 0 Å². The van der Waals surface area contributed by atoms with Gasteiger partial charge in [-0.25, -0.2) is 0 Å². The molecule has 0 aliphatic carbocycles. The molecule has 0 aliphatic rings. The van der Waals surface area contributed by atoms with Gasteiger partial charge in [-0.15, -0.1) is 0 Å². The fourth-order valence-electron chi connectivity index (χ4n) is 3.89. The highest BCUT2D eigenvalue weighted by atomic mass is 19.4. The lowest BCUT2D eigenvalue weighted by Gasteiger charge is -2.42. The lowest BCUT2D eigenvalue weighted by Crippen LogP contribution is -2.34. The Balaban J connectivity index is 2.00. The Morgan fingerprint density at radius 1 is 0.968 bits per heavy atom. The summed E-state index contributed by atoms with van der Waals surface area (Å²) in [6.45, 7) is 16.2. The summed E-state index contributed by atoms with van der Waals surface area (Å²) in [5, 5.41) is 0.778. The number of halogens is 3. The highest BCUT2D eigenvalue weighted by molar-refractivity contribution is 5.83. The summed E-state index contributed by atoms with van der Waals surface area (Å²) >= 11 is 0. The number of benzene rings is 2. The van der Waals surface area contributed by atoms with Crippen molar-refractivity contribution in [1.82, 2.24) is 0 Å². The van der Waals surface area contributed by atoms with E-state index in [2.05, 4.69) is 40.9 Å². The molecule has 0 unspecified atom stereocenters. The van der Waals surface area contributed by atoms with Crippen molar-refractivity contribution in [3.05, 3.63) is 84.5 Å². The zero-order valence-corrected chi connectivity index (χ0v) is 18.6. The molecule has 0 amide bonds. The first-order valence-corrected chi connectivity index (χ1v) is 10.3. The molecular formula is C27H29F3O. The van der Waals surface area contributed by atoms with Gasteiger partial charge in [-0.1, -0.05) is 82.8 Å². The lowest BCUT2D eigenvalue weighted by atomic mass is 9.62. The van der Waals surface area contributed by atoms with Gasteiger partial charge in [0.1, 0.15) is 11.3 Å². The Bertz CT molecular complexity index is 1080. The predicted octanol–water partition coefficient (Wildman–Crippen LogP) is 8.85. The zero-order chi connectivity index (χ0) is 23.0. The summed E-state index contributed by atoms with van der Waals surface area (Å²) in [6, 6.07) is 13.4. The third-order valence-corrected chi connectivity index (χ3v) is 6.52. The van der Waals surface area contributed by atoms with Crippen LogP contribution in [0.4, 0.5) is 13.2 Å². The predicted molar refractivity (Wildman–Crippen MR) is 122 cm³/mol. The van der Waals surface area contributed by atoms with Crippen LogP contribution in [0.1, 0.15) is 45.2 Å². The highest BCUT2D eigenvalue weighted by Crippen LogP contribution is 2.46. The third-order valence-electron chi connectivity index (χ3n) is 6.52. The summed E-state index contributed by atoms with van der Waals surface area (Å²) in [7, 11) is 0. The van der Waals surface area contributed by atoms with Crippen molar-refractivity contribution >= 4 is 11.0 Å². The minimum Gasteiger partial charge on any atom is -0.456 e. The van der Waals surface area contributed by atoms with Crippen LogP contribution in [0.3, 0.4) is 0 Å². The first-order valence-electron chi connectivity index (χ1n) is 10.3. The van der Waals surface area contributed by atoms with Crippen molar-refractivity contribution in [3.8, 4) is 11.3 Å². The van der Waals surface area contributed by atoms with Crippen LogP contribution in [-0.2, 0) is 12.6 Å². The van der Waals surface area contributed by atoms with Crippen LogP contribution in [0.2, 0.25) is 0 Å². The van der Waals surface area contributed by atoms with Gasteiger partial charge in [0, 0.05) is 10.9 Å². The molecule has 0 saturated carbocycles. The first kappa shape index (κ1) is 22.9. The molecule has 0 saturated heterocycles. The van der Waals surface area contributed by atoms with Gasteiger partial charge in [0.15, 0.2) is 0 Å². The Hall–Kier alpha value is -2.75. The van der Waals surface area contributed by atoms with Crippen LogP contribution in [0, 0.1) is 10.8 Å². The number of allylic oxidation sites excluding steroid dienone is 2. The van der Waals surface area contributed by atoms with Crippen molar-refractivity contribution < 1.29 is 17.6 Å². The number of furan rings is 1. The van der Waals surface area contributed by atoms with E-state index in [9.17, 15) is 13.2 Å². The second kappa shape index (κ2) is 8.07. The normalized spacial score (nSPS) is 12.9. The largest absolute Gasteiger partial charge is 0.456 e. The molecule has 0 radical (unpaired) electrons. The molecule has 0 bridgehead atoms. The maximum Gasteiger partial charge on any atom is 0.417 e. The van der Waals surface area contributed by atoms with E-state index in [0.29, 0.717) is 17.6 Å². The van der Waals surface area contributed by atoms with Crippen molar-refractivity contribution in [3.63, 3.8) is 0 Å². The van der Waals surface area contributed by atoms with Crippen molar-refractivity contribution in [2.24, 2.45) is 10.8 Å². The molecule has 3 rings (SSSR count). The monoisotopic (exact) mass is 426 g/mol. The van der Waals surface area contributed by atoms with Gasteiger partial charge < -0.3 is 4.42 Å². The smallest absolute Gasteiger partial charge is 0.417 e. The van der Waals surface area contributed by atoms with Gasteiger partial charge in [0.05, 0.1) is 5.56 Å². The van der Waals surface area contributed by atoms with Crippen molar-refractivity contribution in [2.45, 2.75) is 46.7 Å². The maximum atomic E-state index is 14.0. The van der Waals surface area contributed by atoms with E-state index < -0.39 is 11.7 Å². The van der Waals surface area contributed by atoms with E-state index in [4.69, 9.17) is 4.42 Å². The first-order chi connectivity index (χ1) is 14.3. The summed E-state index contributed by atoms with van der Waals surface area (Å²) in [5.74, 6) is 0.224. The Kier molecular flexibility index (Phi) is 5.96. The minimum atomic E-state index is -4.49. The van der Waals surface area contributed by atoms with Gasteiger partial charge in [-0.05, 0) is 47.4 Å². The van der Waals surface area contributed by atoms with E-state index in [1.54, 1.807) is 30.3 Å². The SMILES string of the molecule is C=CC(=C)CC(C)(C)C(C)(C)Cc1ccc(-c2cc3ccccc3o2)c(C(F)(F)F)c1.